The molecule has 10 nitrogen and oxygen atoms in total. The standard InChI is InChI=1S/C27H19F3N8O2/c1-15(35-23-17(11-31)13-34-26(32)37-23)24-36-21-9-5-8-20(16-10-19(14-33-12-16)40-27(28,29)30)22(21)25(39)38(24)18-6-3-2-4-7-18/h2-10,12-15H,1H3,(H3,32,34,35,37)/t15-/m0/s1. The second kappa shape index (κ2) is 10.3. The van der Waals surface area contributed by atoms with E-state index in [9.17, 15) is 23.2 Å². The third kappa shape index (κ3) is 5.23. The molecule has 1 atom stereocenters. The number of ether oxygens (including phenoxy) is 1. The van der Waals surface area contributed by atoms with E-state index in [1.165, 1.54) is 17.0 Å². The maximum absolute atomic E-state index is 14.2. The number of halogens is 3. The first-order valence-corrected chi connectivity index (χ1v) is 11.8. The smallest absolute Gasteiger partial charge is 0.404 e. The van der Waals surface area contributed by atoms with Crippen molar-refractivity contribution in [3.8, 4) is 28.6 Å². The fraction of sp³-hybridized carbons (Fsp3) is 0.111. The Labute approximate surface area is 224 Å². The predicted molar refractivity (Wildman–Crippen MR) is 140 cm³/mol. The van der Waals surface area contributed by atoms with Crippen LogP contribution >= 0.6 is 0 Å². The van der Waals surface area contributed by atoms with Gasteiger partial charge in [-0.1, -0.05) is 30.3 Å². The van der Waals surface area contributed by atoms with Crippen molar-refractivity contribution in [2.24, 2.45) is 0 Å². The molecule has 0 saturated heterocycles. The molecule has 0 fully saturated rings. The summed E-state index contributed by atoms with van der Waals surface area (Å²) in [6.07, 6.45) is -1.35. The number of nitrogen functional groups attached to an aromatic ring is 1. The molecule has 3 heterocycles. The van der Waals surface area contributed by atoms with Gasteiger partial charge in [-0.2, -0.15) is 10.2 Å². The molecule has 0 unspecified atom stereocenters. The number of anilines is 2. The molecule has 13 heteroatoms. The first kappa shape index (κ1) is 26.1. The van der Waals surface area contributed by atoms with Gasteiger partial charge < -0.3 is 15.8 Å². The van der Waals surface area contributed by atoms with Crippen LogP contribution in [-0.4, -0.2) is 30.9 Å². The summed E-state index contributed by atoms with van der Waals surface area (Å²) in [6, 6.07) is 16.1. The van der Waals surface area contributed by atoms with E-state index in [1.54, 1.807) is 55.5 Å². The van der Waals surface area contributed by atoms with E-state index in [-0.39, 0.29) is 34.1 Å². The number of rotatable bonds is 6. The van der Waals surface area contributed by atoms with Gasteiger partial charge in [-0.15, -0.1) is 13.2 Å². The van der Waals surface area contributed by atoms with Crippen molar-refractivity contribution in [3.63, 3.8) is 0 Å². The van der Waals surface area contributed by atoms with Gasteiger partial charge in [0.25, 0.3) is 5.56 Å². The maximum atomic E-state index is 14.2. The van der Waals surface area contributed by atoms with Crippen molar-refractivity contribution in [2.75, 3.05) is 11.1 Å². The van der Waals surface area contributed by atoms with E-state index >= 15 is 0 Å². The SMILES string of the molecule is C[C@H](Nc1nc(N)ncc1C#N)c1nc2cccc(-c3cncc(OC(F)(F)F)c3)c2c(=O)n1-c1ccccc1. The molecule has 3 N–H and O–H groups in total. The highest BCUT2D eigenvalue weighted by Crippen LogP contribution is 2.31. The minimum Gasteiger partial charge on any atom is -0.404 e. The average Bonchev–Trinajstić information content (AvgIpc) is 2.92. The highest BCUT2D eigenvalue weighted by molar-refractivity contribution is 5.94. The van der Waals surface area contributed by atoms with E-state index in [2.05, 4.69) is 25.0 Å². The van der Waals surface area contributed by atoms with Crippen LogP contribution in [0.4, 0.5) is 24.9 Å². The van der Waals surface area contributed by atoms with Gasteiger partial charge in [-0.25, -0.2) is 9.97 Å². The van der Waals surface area contributed by atoms with Crippen LogP contribution in [0.15, 0.2) is 78.0 Å². The van der Waals surface area contributed by atoms with Gasteiger partial charge >= 0.3 is 6.36 Å². The molecule has 0 radical (unpaired) electrons. The Morgan fingerprint density at radius 3 is 2.58 bits per heavy atom. The third-order valence-corrected chi connectivity index (χ3v) is 5.86. The van der Waals surface area contributed by atoms with Crippen LogP contribution in [0.1, 0.15) is 24.4 Å². The number of fused-ring (bicyclic) bond motifs is 1. The van der Waals surface area contributed by atoms with Gasteiger partial charge in [-0.3, -0.25) is 14.3 Å². The lowest BCUT2D eigenvalue weighted by atomic mass is 10.0. The number of alkyl halides is 3. The first-order chi connectivity index (χ1) is 19.1. The number of nitrogens with two attached hydrogens (primary N) is 1. The lowest BCUT2D eigenvalue weighted by Crippen LogP contribution is -2.28. The molecule has 0 amide bonds. The number of nitrogens with zero attached hydrogens (tertiary/aromatic N) is 6. The second-order valence-corrected chi connectivity index (χ2v) is 8.57. The van der Waals surface area contributed by atoms with Gasteiger partial charge in [-0.05, 0) is 36.8 Å². The zero-order chi connectivity index (χ0) is 28.4. The molecule has 2 aromatic carbocycles. The van der Waals surface area contributed by atoms with Crippen LogP contribution in [0.2, 0.25) is 0 Å². The molecule has 40 heavy (non-hydrogen) atoms. The Morgan fingerprint density at radius 2 is 1.85 bits per heavy atom. The fourth-order valence-electron chi connectivity index (χ4n) is 4.22. The number of hydrogen-bond donors (Lipinski definition) is 2. The monoisotopic (exact) mass is 544 g/mol. The number of para-hydroxylation sites is 1. The Morgan fingerprint density at radius 1 is 1.07 bits per heavy atom. The topological polar surface area (TPSA) is 145 Å². The van der Waals surface area contributed by atoms with E-state index in [0.29, 0.717) is 16.8 Å². The lowest BCUT2D eigenvalue weighted by Gasteiger charge is -2.21. The minimum absolute atomic E-state index is 0.0457. The van der Waals surface area contributed by atoms with E-state index in [1.807, 2.05) is 6.07 Å². The summed E-state index contributed by atoms with van der Waals surface area (Å²) in [5.41, 5.74) is 6.73. The van der Waals surface area contributed by atoms with E-state index in [4.69, 9.17) is 10.7 Å². The Hall–Kier alpha value is -5.51. The summed E-state index contributed by atoms with van der Waals surface area (Å²) >= 11 is 0. The van der Waals surface area contributed by atoms with Crippen molar-refractivity contribution in [1.29, 1.82) is 5.26 Å². The summed E-state index contributed by atoms with van der Waals surface area (Å²) in [5.74, 6) is -0.118. The minimum atomic E-state index is -4.90. The van der Waals surface area contributed by atoms with Gasteiger partial charge in [0, 0.05) is 11.8 Å². The van der Waals surface area contributed by atoms with Crippen molar-refractivity contribution in [1.82, 2.24) is 24.5 Å². The Balaban J connectivity index is 1.71. The van der Waals surface area contributed by atoms with Gasteiger partial charge in [0.2, 0.25) is 5.95 Å². The summed E-state index contributed by atoms with van der Waals surface area (Å²) < 4.78 is 43.9. The Bertz CT molecular complexity index is 1820. The molecule has 3 aromatic heterocycles. The molecule has 0 aliphatic carbocycles. The van der Waals surface area contributed by atoms with Crippen LogP contribution < -0.4 is 21.3 Å². The van der Waals surface area contributed by atoms with E-state index in [0.717, 1.165) is 12.3 Å². The van der Waals surface area contributed by atoms with Gasteiger partial charge in [0.1, 0.15) is 29.0 Å². The van der Waals surface area contributed by atoms with Gasteiger partial charge in [0.05, 0.1) is 35.0 Å². The molecule has 0 saturated carbocycles. The highest BCUT2D eigenvalue weighted by Gasteiger charge is 2.31. The first-order valence-electron chi connectivity index (χ1n) is 11.8. The zero-order valence-electron chi connectivity index (χ0n) is 20.7. The van der Waals surface area contributed by atoms with Crippen LogP contribution in [0, 0.1) is 11.3 Å². The maximum Gasteiger partial charge on any atom is 0.573 e. The third-order valence-electron chi connectivity index (χ3n) is 5.86. The normalized spacial score (nSPS) is 12.1. The van der Waals surface area contributed by atoms with Crippen molar-refractivity contribution < 1.29 is 17.9 Å². The number of aromatic nitrogens is 5. The Kier molecular flexibility index (Phi) is 6.75. The lowest BCUT2D eigenvalue weighted by molar-refractivity contribution is -0.274. The number of nitriles is 1. The van der Waals surface area contributed by atoms with Crippen molar-refractivity contribution in [3.05, 3.63) is 94.9 Å². The molecule has 0 bridgehead atoms. The molecular weight excluding hydrogens is 525 g/mol. The molecule has 0 spiro atoms. The summed E-state index contributed by atoms with van der Waals surface area (Å²) in [5, 5.41) is 12.7. The molecular formula is C27H19F3N8O2. The largest absolute Gasteiger partial charge is 0.573 e. The highest BCUT2D eigenvalue weighted by atomic mass is 19.4. The van der Waals surface area contributed by atoms with Gasteiger partial charge in [0.15, 0.2) is 0 Å². The predicted octanol–water partition coefficient (Wildman–Crippen LogP) is 4.76. The van der Waals surface area contributed by atoms with Crippen LogP contribution in [0.25, 0.3) is 27.7 Å². The van der Waals surface area contributed by atoms with Crippen LogP contribution in [0.3, 0.4) is 0 Å². The number of pyridine rings is 1. The quantitative estimate of drug-likeness (QED) is 0.309. The molecule has 0 aliphatic rings. The number of hydrogen-bond acceptors (Lipinski definition) is 9. The van der Waals surface area contributed by atoms with Crippen LogP contribution in [-0.2, 0) is 0 Å². The second-order valence-electron chi connectivity index (χ2n) is 8.57. The van der Waals surface area contributed by atoms with Crippen LogP contribution in [0.5, 0.6) is 5.75 Å². The summed E-state index contributed by atoms with van der Waals surface area (Å²) in [4.78, 5) is 30.7. The summed E-state index contributed by atoms with van der Waals surface area (Å²) in [6.45, 7) is 1.73. The number of nitrogens with one attached hydrogen (secondary N) is 1. The van der Waals surface area contributed by atoms with Crippen molar-refractivity contribution in [2.45, 2.75) is 19.3 Å². The molecule has 200 valence electrons. The van der Waals surface area contributed by atoms with E-state index < -0.39 is 23.7 Å². The zero-order valence-corrected chi connectivity index (χ0v) is 20.7. The van der Waals surface area contributed by atoms with Crippen molar-refractivity contribution >= 4 is 22.7 Å². The number of benzene rings is 2. The fourth-order valence-corrected chi connectivity index (χ4v) is 4.22. The summed E-state index contributed by atoms with van der Waals surface area (Å²) in [7, 11) is 0. The molecule has 5 rings (SSSR count). The molecule has 0 aliphatic heterocycles. The molecule has 5 aromatic rings. The average molecular weight is 544 g/mol.